The average Bonchev–Trinajstić information content (AvgIpc) is 2.46. The number of hydrogen-bond donors (Lipinski definition) is 1. The molecule has 0 fully saturated rings. The van der Waals surface area contributed by atoms with Crippen LogP contribution in [0.4, 0.5) is 0 Å². The summed E-state index contributed by atoms with van der Waals surface area (Å²) in [5, 5.41) is 9.48. The van der Waals surface area contributed by atoms with E-state index in [1.807, 2.05) is 45.2 Å². The molecule has 1 aromatic rings. The molecule has 4 nitrogen and oxygen atoms in total. The lowest BCUT2D eigenvalue weighted by molar-refractivity contribution is -0.150. The first-order valence-electron chi connectivity index (χ1n) is 7.34. The summed E-state index contributed by atoms with van der Waals surface area (Å²) < 4.78 is 5.45. The van der Waals surface area contributed by atoms with Crippen molar-refractivity contribution >= 4 is 5.97 Å². The number of aliphatic hydroxyl groups excluding tert-OH is 1. The molecular formula is C17H23NO3. The SMILES string of the molecule is CC(C)(C)OC(=O)C1=CC(CO)CC(c2cccnc2)C1. The third-order valence-electron chi connectivity index (χ3n) is 3.54. The van der Waals surface area contributed by atoms with Gasteiger partial charge in [0.05, 0.1) is 0 Å². The second-order valence-electron chi connectivity index (χ2n) is 6.56. The largest absolute Gasteiger partial charge is 0.457 e. The van der Waals surface area contributed by atoms with Crippen molar-refractivity contribution < 1.29 is 14.6 Å². The van der Waals surface area contributed by atoms with Crippen molar-refractivity contribution in [2.75, 3.05) is 6.61 Å². The summed E-state index contributed by atoms with van der Waals surface area (Å²) in [5.41, 5.74) is 1.25. The van der Waals surface area contributed by atoms with Gasteiger partial charge in [0.25, 0.3) is 0 Å². The van der Waals surface area contributed by atoms with Gasteiger partial charge in [-0.15, -0.1) is 0 Å². The van der Waals surface area contributed by atoms with E-state index in [1.54, 1.807) is 6.20 Å². The van der Waals surface area contributed by atoms with Crippen LogP contribution in [-0.4, -0.2) is 28.3 Å². The number of pyridine rings is 1. The van der Waals surface area contributed by atoms with Gasteiger partial charge in [-0.25, -0.2) is 4.79 Å². The minimum absolute atomic E-state index is 0.00789. The topological polar surface area (TPSA) is 59.4 Å². The molecule has 0 aliphatic heterocycles. The molecule has 0 bridgehead atoms. The Kier molecular flexibility index (Phi) is 4.78. The number of aromatic nitrogens is 1. The first kappa shape index (κ1) is 15.7. The van der Waals surface area contributed by atoms with E-state index in [1.165, 1.54) is 0 Å². The summed E-state index contributed by atoms with van der Waals surface area (Å²) in [6.45, 7) is 5.62. The Morgan fingerprint density at radius 3 is 2.81 bits per heavy atom. The molecule has 2 atom stereocenters. The molecule has 1 aliphatic rings. The number of carbonyl (C=O) groups is 1. The Hall–Kier alpha value is -1.68. The molecule has 0 amide bonds. The van der Waals surface area contributed by atoms with E-state index in [9.17, 15) is 9.90 Å². The third-order valence-corrected chi connectivity index (χ3v) is 3.54. The zero-order valence-corrected chi connectivity index (χ0v) is 12.9. The van der Waals surface area contributed by atoms with Gasteiger partial charge in [-0.1, -0.05) is 12.1 Å². The fourth-order valence-corrected chi connectivity index (χ4v) is 2.63. The van der Waals surface area contributed by atoms with Crippen molar-refractivity contribution in [3.63, 3.8) is 0 Å². The van der Waals surface area contributed by atoms with Crippen molar-refractivity contribution in [3.05, 3.63) is 41.7 Å². The molecule has 2 rings (SSSR count). The summed E-state index contributed by atoms with van der Waals surface area (Å²) >= 11 is 0. The van der Waals surface area contributed by atoms with E-state index < -0.39 is 5.60 Å². The minimum atomic E-state index is -0.506. The zero-order valence-electron chi connectivity index (χ0n) is 12.9. The minimum Gasteiger partial charge on any atom is -0.457 e. The lowest BCUT2D eigenvalue weighted by atomic mass is 9.79. The maximum atomic E-state index is 12.3. The lowest BCUT2D eigenvalue weighted by Gasteiger charge is -2.28. The summed E-state index contributed by atoms with van der Waals surface area (Å²) in [7, 11) is 0. The number of hydrogen-bond acceptors (Lipinski definition) is 4. The number of carbonyl (C=O) groups excluding carboxylic acids is 1. The fourth-order valence-electron chi connectivity index (χ4n) is 2.63. The van der Waals surface area contributed by atoms with Crippen LogP contribution in [0.15, 0.2) is 36.2 Å². The molecule has 0 spiro atoms. The van der Waals surface area contributed by atoms with Crippen LogP contribution in [0.3, 0.4) is 0 Å². The lowest BCUT2D eigenvalue weighted by Crippen LogP contribution is -2.27. The molecule has 21 heavy (non-hydrogen) atoms. The molecule has 0 radical (unpaired) electrons. The molecular weight excluding hydrogens is 266 g/mol. The smallest absolute Gasteiger partial charge is 0.334 e. The van der Waals surface area contributed by atoms with Gasteiger partial charge in [0.1, 0.15) is 5.60 Å². The van der Waals surface area contributed by atoms with Crippen molar-refractivity contribution in [3.8, 4) is 0 Å². The maximum absolute atomic E-state index is 12.3. The van der Waals surface area contributed by atoms with Crippen molar-refractivity contribution in [2.24, 2.45) is 5.92 Å². The van der Waals surface area contributed by atoms with E-state index in [0.29, 0.717) is 12.0 Å². The molecule has 1 aliphatic carbocycles. The molecule has 0 aromatic carbocycles. The average molecular weight is 289 g/mol. The molecule has 4 heteroatoms. The first-order valence-corrected chi connectivity index (χ1v) is 7.34. The standard InChI is InChI=1S/C17H23NO3/c1-17(2,3)21-16(20)15-8-12(11-19)7-14(9-15)13-5-4-6-18-10-13/h4-6,8,10,12,14,19H,7,9,11H2,1-3H3. The molecule has 2 unspecified atom stereocenters. The van der Waals surface area contributed by atoms with Crippen molar-refractivity contribution in [1.82, 2.24) is 4.98 Å². The Balaban J connectivity index is 2.17. The number of rotatable bonds is 3. The highest BCUT2D eigenvalue weighted by molar-refractivity contribution is 5.89. The molecule has 1 aromatic heterocycles. The van der Waals surface area contributed by atoms with E-state index in [4.69, 9.17) is 4.74 Å². The van der Waals surface area contributed by atoms with Crippen LogP contribution in [0.2, 0.25) is 0 Å². The number of esters is 1. The first-order chi connectivity index (χ1) is 9.89. The quantitative estimate of drug-likeness (QED) is 0.869. The summed E-state index contributed by atoms with van der Waals surface area (Å²) in [6, 6.07) is 3.92. The monoisotopic (exact) mass is 289 g/mol. The summed E-state index contributed by atoms with van der Waals surface area (Å²) in [5.74, 6) is -0.0932. The third kappa shape index (κ3) is 4.39. The second kappa shape index (κ2) is 6.39. The van der Waals surface area contributed by atoms with E-state index >= 15 is 0 Å². The van der Waals surface area contributed by atoms with Gasteiger partial charge in [0.2, 0.25) is 0 Å². The predicted octanol–water partition coefficient (Wildman–Crippen LogP) is 2.84. The fraction of sp³-hybridized carbons (Fsp3) is 0.529. The number of nitrogens with zero attached hydrogens (tertiary/aromatic N) is 1. The molecule has 1 N–H and O–H groups in total. The van der Waals surface area contributed by atoms with Crippen LogP contribution in [0.25, 0.3) is 0 Å². The van der Waals surface area contributed by atoms with Gasteiger partial charge in [0, 0.05) is 30.5 Å². The molecule has 0 saturated carbocycles. The Bertz CT molecular complexity index is 517. The summed E-state index contributed by atoms with van der Waals surface area (Å²) in [6.07, 6.45) is 6.89. The Morgan fingerprint density at radius 2 is 2.24 bits per heavy atom. The maximum Gasteiger partial charge on any atom is 0.334 e. The molecule has 1 heterocycles. The highest BCUT2D eigenvalue weighted by atomic mass is 16.6. The van der Waals surface area contributed by atoms with Crippen LogP contribution >= 0.6 is 0 Å². The normalized spacial score (nSPS) is 22.6. The van der Waals surface area contributed by atoms with Gasteiger partial charge in [-0.3, -0.25) is 4.98 Å². The van der Waals surface area contributed by atoms with Gasteiger partial charge in [0.15, 0.2) is 0 Å². The Morgan fingerprint density at radius 1 is 1.48 bits per heavy atom. The second-order valence-corrected chi connectivity index (χ2v) is 6.56. The van der Waals surface area contributed by atoms with Crippen LogP contribution in [0.1, 0.15) is 45.1 Å². The van der Waals surface area contributed by atoms with Crippen LogP contribution in [0, 0.1) is 5.92 Å². The van der Waals surface area contributed by atoms with E-state index in [0.717, 1.165) is 12.0 Å². The van der Waals surface area contributed by atoms with Gasteiger partial charge < -0.3 is 9.84 Å². The highest BCUT2D eigenvalue weighted by Crippen LogP contribution is 2.36. The predicted molar refractivity (Wildman–Crippen MR) is 80.7 cm³/mol. The molecule has 114 valence electrons. The van der Waals surface area contributed by atoms with Crippen LogP contribution < -0.4 is 0 Å². The van der Waals surface area contributed by atoms with Gasteiger partial charge >= 0.3 is 5.97 Å². The van der Waals surface area contributed by atoms with E-state index in [2.05, 4.69) is 4.98 Å². The van der Waals surface area contributed by atoms with Crippen molar-refractivity contribution in [2.45, 2.75) is 45.1 Å². The highest BCUT2D eigenvalue weighted by Gasteiger charge is 2.29. The summed E-state index contributed by atoms with van der Waals surface area (Å²) in [4.78, 5) is 16.4. The number of ether oxygens (including phenoxy) is 1. The van der Waals surface area contributed by atoms with Crippen molar-refractivity contribution in [1.29, 1.82) is 0 Å². The van der Waals surface area contributed by atoms with Gasteiger partial charge in [-0.05, 0) is 51.2 Å². The molecule has 0 saturated heterocycles. The van der Waals surface area contributed by atoms with Crippen LogP contribution in [0.5, 0.6) is 0 Å². The number of aliphatic hydroxyl groups is 1. The zero-order chi connectivity index (χ0) is 15.5. The van der Waals surface area contributed by atoms with Gasteiger partial charge in [-0.2, -0.15) is 0 Å². The van der Waals surface area contributed by atoms with E-state index in [-0.39, 0.29) is 24.4 Å². The Labute approximate surface area is 125 Å². The van der Waals surface area contributed by atoms with Crippen LogP contribution in [-0.2, 0) is 9.53 Å².